The first kappa shape index (κ1) is 16.0. The van der Waals surface area contributed by atoms with Gasteiger partial charge in [-0.3, -0.25) is 0 Å². The van der Waals surface area contributed by atoms with Crippen LogP contribution < -0.4 is 5.32 Å². The van der Waals surface area contributed by atoms with Gasteiger partial charge in [-0.25, -0.2) is 4.39 Å². The van der Waals surface area contributed by atoms with Gasteiger partial charge < -0.3 is 5.32 Å². The predicted octanol–water partition coefficient (Wildman–Crippen LogP) is 4.49. The van der Waals surface area contributed by atoms with Crippen molar-refractivity contribution in [3.8, 4) is 0 Å². The Hall–Kier alpha value is -1.38. The minimum atomic E-state index is -0.284. The van der Waals surface area contributed by atoms with Crippen LogP contribution in [0.4, 0.5) is 4.39 Å². The van der Waals surface area contributed by atoms with Gasteiger partial charge in [0.1, 0.15) is 5.82 Å². The highest BCUT2D eigenvalue weighted by Gasteiger charge is 2.14. The van der Waals surface area contributed by atoms with Crippen molar-refractivity contribution < 1.29 is 4.39 Å². The van der Waals surface area contributed by atoms with Crippen LogP contribution in [0.5, 0.6) is 0 Å². The van der Waals surface area contributed by atoms with E-state index in [1.807, 2.05) is 30.3 Å². The monoisotopic (exact) mass is 305 g/mol. The molecule has 1 nitrogen and oxygen atoms in total. The zero-order valence-corrected chi connectivity index (χ0v) is 13.0. The Bertz CT molecular complexity index is 556. The highest BCUT2D eigenvalue weighted by atomic mass is 35.5. The molecule has 3 heteroatoms. The Labute approximate surface area is 131 Å². The number of hydrogen-bond acceptors (Lipinski definition) is 1. The molecule has 2 aromatic rings. The molecule has 1 unspecified atom stereocenters. The second-order valence-corrected chi connectivity index (χ2v) is 5.69. The lowest BCUT2D eigenvalue weighted by atomic mass is 9.92. The maximum absolute atomic E-state index is 14.1. The Morgan fingerprint density at radius 1 is 1.05 bits per heavy atom. The molecule has 112 valence electrons. The summed E-state index contributed by atoms with van der Waals surface area (Å²) >= 11 is 5.87. The third-order valence-corrected chi connectivity index (χ3v) is 3.88. The van der Waals surface area contributed by atoms with Crippen molar-refractivity contribution in [1.29, 1.82) is 0 Å². The molecule has 0 aromatic heterocycles. The molecular formula is C18H21ClFN. The van der Waals surface area contributed by atoms with Crippen LogP contribution >= 0.6 is 11.6 Å². The van der Waals surface area contributed by atoms with Crippen LogP contribution in [0.15, 0.2) is 48.5 Å². The van der Waals surface area contributed by atoms with Crippen LogP contribution in [0.3, 0.4) is 0 Å². The molecule has 1 atom stereocenters. The highest BCUT2D eigenvalue weighted by molar-refractivity contribution is 6.30. The standard InChI is InChI=1S/C18H21ClFN/c1-2-21-13-15(11-14-7-4-3-5-8-14)12-16-9-6-10-17(19)18(16)20/h3-10,15,21H,2,11-13H2,1H3. The number of nitrogens with one attached hydrogen (secondary N) is 1. The summed E-state index contributed by atoms with van der Waals surface area (Å²) in [6.45, 7) is 3.88. The lowest BCUT2D eigenvalue weighted by molar-refractivity contribution is 0.467. The molecule has 0 aliphatic heterocycles. The number of benzene rings is 2. The van der Waals surface area contributed by atoms with Gasteiger partial charge in [0, 0.05) is 0 Å². The molecule has 0 saturated carbocycles. The molecular weight excluding hydrogens is 285 g/mol. The van der Waals surface area contributed by atoms with Crippen molar-refractivity contribution in [2.45, 2.75) is 19.8 Å². The second-order valence-electron chi connectivity index (χ2n) is 5.28. The van der Waals surface area contributed by atoms with Crippen LogP contribution in [-0.2, 0) is 12.8 Å². The molecule has 0 heterocycles. The molecule has 0 radical (unpaired) electrons. The van der Waals surface area contributed by atoms with Gasteiger partial charge >= 0.3 is 0 Å². The Balaban J connectivity index is 2.10. The fraction of sp³-hybridized carbons (Fsp3) is 0.333. The van der Waals surface area contributed by atoms with Gasteiger partial charge in [-0.15, -0.1) is 0 Å². The van der Waals surface area contributed by atoms with Crippen molar-refractivity contribution in [3.63, 3.8) is 0 Å². The summed E-state index contributed by atoms with van der Waals surface area (Å²) in [5.41, 5.74) is 1.98. The molecule has 0 spiro atoms. The minimum absolute atomic E-state index is 0.203. The summed E-state index contributed by atoms with van der Waals surface area (Å²) < 4.78 is 14.1. The van der Waals surface area contributed by atoms with Gasteiger partial charge in [0.15, 0.2) is 0 Å². The largest absolute Gasteiger partial charge is 0.317 e. The van der Waals surface area contributed by atoms with Crippen LogP contribution in [0, 0.1) is 11.7 Å². The molecule has 0 saturated heterocycles. The van der Waals surface area contributed by atoms with E-state index in [2.05, 4.69) is 24.4 Å². The molecule has 2 aromatic carbocycles. The molecule has 0 amide bonds. The van der Waals surface area contributed by atoms with Gasteiger partial charge in [-0.2, -0.15) is 0 Å². The maximum Gasteiger partial charge on any atom is 0.144 e. The summed E-state index contributed by atoms with van der Waals surface area (Å²) in [4.78, 5) is 0. The normalized spacial score (nSPS) is 12.3. The summed E-state index contributed by atoms with van der Waals surface area (Å²) in [7, 11) is 0. The second kappa shape index (κ2) is 8.16. The molecule has 21 heavy (non-hydrogen) atoms. The van der Waals surface area contributed by atoms with E-state index in [0.29, 0.717) is 17.9 Å². The lowest BCUT2D eigenvalue weighted by Gasteiger charge is -2.18. The molecule has 0 aliphatic carbocycles. The third kappa shape index (κ3) is 4.83. The quantitative estimate of drug-likeness (QED) is 0.794. The summed E-state index contributed by atoms with van der Waals surface area (Å²) in [6.07, 6.45) is 1.62. The van der Waals surface area contributed by atoms with E-state index in [4.69, 9.17) is 11.6 Å². The molecule has 0 fully saturated rings. The van der Waals surface area contributed by atoms with E-state index in [9.17, 15) is 4.39 Å². The van der Waals surface area contributed by atoms with Crippen LogP contribution in [-0.4, -0.2) is 13.1 Å². The Kier molecular flexibility index (Phi) is 6.21. The average molecular weight is 306 g/mol. The number of hydrogen-bond donors (Lipinski definition) is 1. The van der Waals surface area contributed by atoms with Crippen LogP contribution in [0.1, 0.15) is 18.1 Å². The molecule has 1 N–H and O–H groups in total. The summed E-state index contributed by atoms with van der Waals surface area (Å²) in [5, 5.41) is 3.57. The van der Waals surface area contributed by atoms with E-state index in [0.717, 1.165) is 19.5 Å². The van der Waals surface area contributed by atoms with E-state index >= 15 is 0 Å². The fourth-order valence-corrected chi connectivity index (χ4v) is 2.72. The summed E-state index contributed by atoms with van der Waals surface area (Å²) in [5.74, 6) is 0.0639. The topological polar surface area (TPSA) is 12.0 Å². The molecule has 0 bridgehead atoms. The Morgan fingerprint density at radius 2 is 1.81 bits per heavy atom. The first-order chi connectivity index (χ1) is 10.2. The van der Waals surface area contributed by atoms with E-state index < -0.39 is 0 Å². The SMILES string of the molecule is CCNCC(Cc1ccccc1)Cc1cccc(Cl)c1F. The zero-order valence-electron chi connectivity index (χ0n) is 12.3. The first-order valence-electron chi connectivity index (χ1n) is 7.38. The summed E-state index contributed by atoms with van der Waals surface area (Å²) in [6, 6.07) is 15.6. The minimum Gasteiger partial charge on any atom is -0.317 e. The van der Waals surface area contributed by atoms with Crippen LogP contribution in [0.25, 0.3) is 0 Å². The van der Waals surface area contributed by atoms with Gasteiger partial charge in [-0.05, 0) is 49.0 Å². The van der Waals surface area contributed by atoms with Gasteiger partial charge in [0.2, 0.25) is 0 Å². The molecule has 2 rings (SSSR count). The van der Waals surface area contributed by atoms with Crippen molar-refractivity contribution in [2.75, 3.05) is 13.1 Å². The zero-order chi connectivity index (χ0) is 15.1. The van der Waals surface area contributed by atoms with E-state index in [-0.39, 0.29) is 10.8 Å². The molecule has 0 aliphatic rings. The van der Waals surface area contributed by atoms with Crippen molar-refractivity contribution in [2.24, 2.45) is 5.92 Å². The van der Waals surface area contributed by atoms with Crippen LogP contribution in [0.2, 0.25) is 5.02 Å². The number of rotatable bonds is 7. The van der Waals surface area contributed by atoms with Gasteiger partial charge in [0.25, 0.3) is 0 Å². The van der Waals surface area contributed by atoms with Gasteiger partial charge in [0.05, 0.1) is 5.02 Å². The highest BCUT2D eigenvalue weighted by Crippen LogP contribution is 2.22. The lowest BCUT2D eigenvalue weighted by Crippen LogP contribution is -2.26. The Morgan fingerprint density at radius 3 is 2.52 bits per heavy atom. The first-order valence-corrected chi connectivity index (χ1v) is 7.76. The fourth-order valence-electron chi connectivity index (χ4n) is 2.53. The van der Waals surface area contributed by atoms with E-state index in [1.54, 1.807) is 6.07 Å². The van der Waals surface area contributed by atoms with Gasteiger partial charge in [-0.1, -0.05) is 61.0 Å². The van der Waals surface area contributed by atoms with Crippen molar-refractivity contribution >= 4 is 11.6 Å². The smallest absolute Gasteiger partial charge is 0.144 e. The predicted molar refractivity (Wildman–Crippen MR) is 87.3 cm³/mol. The van der Waals surface area contributed by atoms with Crippen molar-refractivity contribution in [3.05, 3.63) is 70.5 Å². The van der Waals surface area contributed by atoms with E-state index in [1.165, 1.54) is 5.56 Å². The van der Waals surface area contributed by atoms with Crippen molar-refractivity contribution in [1.82, 2.24) is 5.32 Å². The maximum atomic E-state index is 14.1. The average Bonchev–Trinajstić information content (AvgIpc) is 2.50. The third-order valence-electron chi connectivity index (χ3n) is 3.59. The number of halogens is 2.